The van der Waals surface area contributed by atoms with Crippen molar-refractivity contribution in [2.45, 2.75) is 90.5 Å². The Morgan fingerprint density at radius 2 is 1.08 bits per heavy atom. The van der Waals surface area contributed by atoms with Gasteiger partial charge in [-0.3, -0.25) is 0 Å². The first-order valence-corrected chi connectivity index (χ1v) is 8.95. The molecule has 0 saturated carbocycles. The van der Waals surface area contributed by atoms with Crippen molar-refractivity contribution in [2.75, 3.05) is 13.1 Å². The third-order valence-electron chi connectivity index (χ3n) is 4.28. The van der Waals surface area contributed by atoms with Crippen molar-refractivity contribution in [3.8, 4) is 0 Å². The molecule has 3 saturated heterocycles. The van der Waals surface area contributed by atoms with Gasteiger partial charge < -0.3 is 19.3 Å². The molecule has 2 atom stereocenters. The molecule has 0 aromatic carbocycles. The molecule has 3 aliphatic heterocycles. The topological polar surface area (TPSA) is 59.1 Å². The van der Waals surface area contributed by atoms with Crippen LogP contribution in [0.1, 0.15) is 67.2 Å². The van der Waals surface area contributed by atoms with E-state index in [1.165, 1.54) is 0 Å². The molecule has 3 rings (SSSR count). The molecule has 6 nitrogen and oxygen atoms in total. The summed E-state index contributed by atoms with van der Waals surface area (Å²) in [5.74, 6) is 0. The predicted octanol–water partition coefficient (Wildman–Crippen LogP) is 3.79. The second kappa shape index (κ2) is 6.81. The summed E-state index contributed by atoms with van der Waals surface area (Å²) in [4.78, 5) is 28.7. The number of piperazine rings is 1. The van der Waals surface area contributed by atoms with Crippen LogP contribution in [0, 0.1) is 0 Å². The zero-order chi connectivity index (χ0) is 18.1. The first-order chi connectivity index (χ1) is 11.0. The maximum absolute atomic E-state index is 12.5. The van der Waals surface area contributed by atoms with Crippen LogP contribution in [0.3, 0.4) is 0 Å². The predicted molar refractivity (Wildman–Crippen MR) is 91.9 cm³/mol. The molecule has 3 aliphatic rings. The lowest BCUT2D eigenvalue weighted by Gasteiger charge is -2.48. The molecule has 0 N–H and O–H groups in total. The van der Waals surface area contributed by atoms with Gasteiger partial charge in [0, 0.05) is 13.1 Å². The number of carbonyl (C=O) groups is 2. The Morgan fingerprint density at radius 1 is 0.750 bits per heavy atom. The van der Waals surface area contributed by atoms with Crippen molar-refractivity contribution < 1.29 is 19.1 Å². The fourth-order valence-electron chi connectivity index (χ4n) is 3.29. The van der Waals surface area contributed by atoms with Crippen molar-refractivity contribution in [3.63, 3.8) is 0 Å². The van der Waals surface area contributed by atoms with E-state index in [-0.39, 0.29) is 24.3 Å². The van der Waals surface area contributed by atoms with Crippen LogP contribution in [0.25, 0.3) is 0 Å². The summed E-state index contributed by atoms with van der Waals surface area (Å²) in [5, 5.41) is 0. The number of hydrogen-bond donors (Lipinski definition) is 0. The molecule has 0 radical (unpaired) electrons. The first-order valence-electron chi connectivity index (χ1n) is 8.95. The molecule has 2 amide bonds. The van der Waals surface area contributed by atoms with Crippen LogP contribution in [0.15, 0.2) is 0 Å². The number of hydrogen-bond acceptors (Lipinski definition) is 4. The first kappa shape index (κ1) is 18.9. The maximum atomic E-state index is 12.5. The van der Waals surface area contributed by atoms with E-state index in [4.69, 9.17) is 9.47 Å². The highest BCUT2D eigenvalue weighted by Gasteiger charge is 2.42. The molecule has 2 bridgehead atoms. The van der Waals surface area contributed by atoms with E-state index in [0.717, 1.165) is 25.7 Å². The van der Waals surface area contributed by atoms with E-state index in [0.29, 0.717) is 13.1 Å². The molecule has 0 aromatic heterocycles. The van der Waals surface area contributed by atoms with Crippen LogP contribution in [-0.4, -0.2) is 58.4 Å². The van der Waals surface area contributed by atoms with Crippen molar-refractivity contribution >= 4 is 12.2 Å². The minimum Gasteiger partial charge on any atom is -0.444 e. The molecule has 0 spiro atoms. The Kier molecular flexibility index (Phi) is 5.35. The van der Waals surface area contributed by atoms with Crippen molar-refractivity contribution in [1.82, 2.24) is 9.80 Å². The number of amides is 2. The van der Waals surface area contributed by atoms with Crippen LogP contribution in [0.4, 0.5) is 9.59 Å². The van der Waals surface area contributed by atoms with E-state index in [2.05, 4.69) is 0 Å². The lowest BCUT2D eigenvalue weighted by Crippen LogP contribution is -2.62. The van der Waals surface area contributed by atoms with Gasteiger partial charge in [-0.15, -0.1) is 0 Å². The summed E-state index contributed by atoms with van der Waals surface area (Å²) < 4.78 is 11.1. The lowest BCUT2D eigenvalue weighted by molar-refractivity contribution is -0.0375. The minimum atomic E-state index is -0.510. The third-order valence-corrected chi connectivity index (χ3v) is 4.28. The second-order valence-electron chi connectivity index (χ2n) is 8.86. The zero-order valence-electron chi connectivity index (χ0n) is 15.9. The summed E-state index contributed by atoms with van der Waals surface area (Å²) in [6.45, 7) is 12.3. The highest BCUT2D eigenvalue weighted by atomic mass is 16.6. The van der Waals surface area contributed by atoms with Gasteiger partial charge in [0.05, 0.1) is 12.1 Å². The van der Waals surface area contributed by atoms with Crippen molar-refractivity contribution in [1.29, 1.82) is 0 Å². The Labute approximate surface area is 145 Å². The average Bonchev–Trinajstić information content (AvgIpc) is 2.33. The maximum Gasteiger partial charge on any atom is 0.410 e. The molecule has 3 heterocycles. The number of rotatable bonds is 0. The number of carbonyl (C=O) groups excluding carboxylic acids is 2. The van der Waals surface area contributed by atoms with Crippen molar-refractivity contribution in [2.24, 2.45) is 0 Å². The van der Waals surface area contributed by atoms with Gasteiger partial charge in [-0.1, -0.05) is 12.8 Å². The smallest absolute Gasteiger partial charge is 0.410 e. The standard InChI is InChI=1S/C18H32N2O4/c1-17(2,3)23-15(21)19-11-14-10-8-7-9-13(19)12-20(14)16(22)24-18(4,5)6/h13-14H,7-12H2,1-6H3/t13-,14-/m1/s1. The highest BCUT2D eigenvalue weighted by molar-refractivity contribution is 5.71. The van der Waals surface area contributed by atoms with Gasteiger partial charge >= 0.3 is 12.2 Å². The van der Waals surface area contributed by atoms with Gasteiger partial charge in [0.15, 0.2) is 0 Å². The number of ether oxygens (including phenoxy) is 2. The Balaban J connectivity index is 2.12. The van der Waals surface area contributed by atoms with E-state index in [1.54, 1.807) is 0 Å². The summed E-state index contributed by atoms with van der Waals surface area (Å²) >= 11 is 0. The van der Waals surface area contributed by atoms with E-state index < -0.39 is 11.2 Å². The van der Waals surface area contributed by atoms with Crippen LogP contribution in [0.5, 0.6) is 0 Å². The van der Waals surface area contributed by atoms with Gasteiger partial charge in [-0.2, -0.15) is 0 Å². The average molecular weight is 340 g/mol. The highest BCUT2D eigenvalue weighted by Crippen LogP contribution is 2.29. The largest absolute Gasteiger partial charge is 0.444 e. The summed E-state index contributed by atoms with van der Waals surface area (Å²) in [5.41, 5.74) is -1.02. The molecule has 0 aromatic rings. The van der Waals surface area contributed by atoms with Gasteiger partial charge in [-0.25, -0.2) is 9.59 Å². The molecule has 24 heavy (non-hydrogen) atoms. The monoisotopic (exact) mass is 340 g/mol. The number of nitrogens with zero attached hydrogens (tertiary/aromatic N) is 2. The Hall–Kier alpha value is -1.46. The fraction of sp³-hybridized carbons (Fsp3) is 0.889. The van der Waals surface area contributed by atoms with E-state index in [9.17, 15) is 9.59 Å². The Bertz CT molecular complexity index is 434. The van der Waals surface area contributed by atoms with Gasteiger partial charge in [0.2, 0.25) is 0 Å². The van der Waals surface area contributed by atoms with Crippen molar-refractivity contribution in [3.05, 3.63) is 0 Å². The van der Waals surface area contributed by atoms with Gasteiger partial charge in [0.1, 0.15) is 11.2 Å². The van der Waals surface area contributed by atoms with Crippen LogP contribution >= 0.6 is 0 Å². The van der Waals surface area contributed by atoms with Gasteiger partial charge in [0.25, 0.3) is 0 Å². The molecule has 0 unspecified atom stereocenters. The summed E-state index contributed by atoms with van der Waals surface area (Å²) in [7, 11) is 0. The third kappa shape index (κ3) is 5.02. The summed E-state index contributed by atoms with van der Waals surface area (Å²) in [6, 6.07) is 0.00726. The molecular formula is C18H32N2O4. The van der Waals surface area contributed by atoms with Gasteiger partial charge in [-0.05, 0) is 54.4 Å². The lowest BCUT2D eigenvalue weighted by atomic mass is 9.94. The van der Waals surface area contributed by atoms with Crippen LogP contribution in [-0.2, 0) is 9.47 Å². The molecule has 3 fully saturated rings. The SMILES string of the molecule is CC(C)(C)OC(=O)N1C[C@H]2CCCC[C@@H]1CN2C(=O)OC(C)(C)C. The van der Waals surface area contributed by atoms with E-state index >= 15 is 0 Å². The second-order valence-corrected chi connectivity index (χ2v) is 8.86. The minimum absolute atomic E-state index is 0.00363. The van der Waals surface area contributed by atoms with E-state index in [1.807, 2.05) is 51.3 Å². The molecular weight excluding hydrogens is 308 g/mol. The quantitative estimate of drug-likeness (QED) is 0.673. The summed E-state index contributed by atoms with van der Waals surface area (Å²) in [6.07, 6.45) is 3.38. The fourth-order valence-corrected chi connectivity index (χ4v) is 3.29. The normalized spacial score (nSPS) is 25.1. The number of fused-ring (bicyclic) bond motifs is 5. The molecule has 0 aliphatic carbocycles. The molecule has 138 valence electrons. The molecule has 6 heteroatoms. The zero-order valence-corrected chi connectivity index (χ0v) is 15.9. The van der Waals surface area contributed by atoms with Crippen LogP contribution < -0.4 is 0 Å². The van der Waals surface area contributed by atoms with Crippen LogP contribution in [0.2, 0.25) is 0 Å². The Morgan fingerprint density at radius 3 is 1.38 bits per heavy atom.